The van der Waals surface area contributed by atoms with Crippen molar-refractivity contribution in [1.82, 2.24) is 5.32 Å². The standard InChI is InChI=1S/C12H22ClNO/c1-10(2)8-11(15)14-12(9-13)6-4-3-5-7-12/h10H,3-9H2,1-2H3,(H,14,15). The minimum absolute atomic E-state index is 0.105. The summed E-state index contributed by atoms with van der Waals surface area (Å²) in [6.45, 7) is 4.13. The quantitative estimate of drug-likeness (QED) is 0.741. The topological polar surface area (TPSA) is 29.1 Å². The Morgan fingerprint density at radius 3 is 2.40 bits per heavy atom. The Morgan fingerprint density at radius 2 is 1.93 bits per heavy atom. The maximum Gasteiger partial charge on any atom is 0.220 e. The first-order valence-corrected chi connectivity index (χ1v) is 6.48. The summed E-state index contributed by atoms with van der Waals surface area (Å²) in [5.41, 5.74) is -0.105. The highest BCUT2D eigenvalue weighted by Crippen LogP contribution is 2.29. The number of alkyl halides is 1. The Morgan fingerprint density at radius 1 is 1.33 bits per heavy atom. The van der Waals surface area contributed by atoms with E-state index in [0.29, 0.717) is 18.2 Å². The van der Waals surface area contributed by atoms with Gasteiger partial charge in [0.2, 0.25) is 5.91 Å². The molecule has 0 saturated heterocycles. The van der Waals surface area contributed by atoms with Crippen LogP contribution in [0.15, 0.2) is 0 Å². The molecule has 0 spiro atoms. The minimum atomic E-state index is -0.105. The van der Waals surface area contributed by atoms with Gasteiger partial charge in [0.05, 0.1) is 5.54 Å². The van der Waals surface area contributed by atoms with Gasteiger partial charge in [-0.2, -0.15) is 0 Å². The smallest absolute Gasteiger partial charge is 0.220 e. The molecule has 88 valence electrons. The molecule has 0 aromatic carbocycles. The summed E-state index contributed by atoms with van der Waals surface area (Å²) in [6, 6.07) is 0. The van der Waals surface area contributed by atoms with Crippen molar-refractivity contribution < 1.29 is 4.79 Å². The van der Waals surface area contributed by atoms with Crippen LogP contribution in [0.1, 0.15) is 52.4 Å². The average Bonchev–Trinajstić information content (AvgIpc) is 2.17. The third-order valence-corrected chi connectivity index (χ3v) is 3.58. The van der Waals surface area contributed by atoms with Crippen LogP contribution in [-0.2, 0) is 4.79 Å². The van der Waals surface area contributed by atoms with Gasteiger partial charge in [-0.1, -0.05) is 33.1 Å². The highest BCUT2D eigenvalue weighted by Gasteiger charge is 2.32. The minimum Gasteiger partial charge on any atom is -0.349 e. The molecular weight excluding hydrogens is 210 g/mol. The van der Waals surface area contributed by atoms with Gasteiger partial charge in [0.15, 0.2) is 0 Å². The Bertz CT molecular complexity index is 210. The van der Waals surface area contributed by atoms with E-state index in [1.165, 1.54) is 19.3 Å². The third-order valence-electron chi connectivity index (χ3n) is 3.06. The molecule has 1 rings (SSSR count). The van der Waals surface area contributed by atoms with Crippen LogP contribution in [0.2, 0.25) is 0 Å². The van der Waals surface area contributed by atoms with E-state index < -0.39 is 0 Å². The van der Waals surface area contributed by atoms with Crippen molar-refractivity contribution >= 4 is 17.5 Å². The van der Waals surface area contributed by atoms with Gasteiger partial charge in [-0.05, 0) is 18.8 Å². The number of amides is 1. The first-order chi connectivity index (χ1) is 7.08. The summed E-state index contributed by atoms with van der Waals surface area (Å²) >= 11 is 6.00. The molecule has 1 fully saturated rings. The van der Waals surface area contributed by atoms with E-state index >= 15 is 0 Å². The van der Waals surface area contributed by atoms with Crippen LogP contribution in [0.4, 0.5) is 0 Å². The monoisotopic (exact) mass is 231 g/mol. The lowest BCUT2D eigenvalue weighted by atomic mass is 9.83. The molecule has 0 radical (unpaired) electrons. The second-order valence-corrected chi connectivity index (χ2v) is 5.39. The Hall–Kier alpha value is -0.240. The largest absolute Gasteiger partial charge is 0.349 e. The van der Waals surface area contributed by atoms with Gasteiger partial charge in [0.25, 0.3) is 0 Å². The highest BCUT2D eigenvalue weighted by atomic mass is 35.5. The van der Waals surface area contributed by atoms with E-state index in [1.807, 2.05) is 0 Å². The predicted molar refractivity (Wildman–Crippen MR) is 64.1 cm³/mol. The summed E-state index contributed by atoms with van der Waals surface area (Å²) in [5.74, 6) is 1.13. The molecule has 0 bridgehead atoms. The Kier molecular flexibility index (Phi) is 4.91. The molecule has 1 amide bonds. The zero-order valence-corrected chi connectivity index (χ0v) is 10.6. The summed E-state index contributed by atoms with van der Waals surface area (Å²) in [5, 5.41) is 3.14. The number of carbonyl (C=O) groups is 1. The first kappa shape index (κ1) is 12.8. The Balaban J connectivity index is 2.47. The molecule has 1 aliphatic rings. The number of carbonyl (C=O) groups excluding carboxylic acids is 1. The van der Waals surface area contributed by atoms with E-state index in [2.05, 4.69) is 19.2 Å². The molecule has 1 saturated carbocycles. The molecule has 3 heteroatoms. The summed E-state index contributed by atoms with van der Waals surface area (Å²) < 4.78 is 0. The third kappa shape index (κ3) is 4.02. The molecule has 1 N–H and O–H groups in total. The Labute approximate surface area is 97.8 Å². The number of nitrogens with one attached hydrogen (secondary N) is 1. The molecule has 1 aliphatic carbocycles. The second-order valence-electron chi connectivity index (χ2n) is 5.12. The normalized spacial score (nSPS) is 20.3. The lowest BCUT2D eigenvalue weighted by Gasteiger charge is -2.36. The van der Waals surface area contributed by atoms with Crippen molar-refractivity contribution in [2.24, 2.45) is 5.92 Å². The first-order valence-electron chi connectivity index (χ1n) is 5.95. The maximum absolute atomic E-state index is 11.7. The van der Waals surface area contributed by atoms with E-state index in [0.717, 1.165) is 12.8 Å². The van der Waals surface area contributed by atoms with E-state index in [1.54, 1.807) is 0 Å². The van der Waals surface area contributed by atoms with Crippen molar-refractivity contribution in [2.75, 3.05) is 5.88 Å². The van der Waals surface area contributed by atoms with Gasteiger partial charge < -0.3 is 5.32 Å². The fourth-order valence-corrected chi connectivity index (χ4v) is 2.57. The van der Waals surface area contributed by atoms with E-state index in [-0.39, 0.29) is 11.4 Å². The number of halogens is 1. The molecule has 2 nitrogen and oxygen atoms in total. The lowest BCUT2D eigenvalue weighted by molar-refractivity contribution is -0.123. The molecule has 0 atom stereocenters. The molecule has 0 aromatic heterocycles. The molecule has 0 aromatic rings. The van der Waals surface area contributed by atoms with E-state index in [9.17, 15) is 4.79 Å². The van der Waals surface area contributed by atoms with Crippen molar-refractivity contribution in [3.63, 3.8) is 0 Å². The molecule has 15 heavy (non-hydrogen) atoms. The van der Waals surface area contributed by atoms with Crippen LogP contribution in [0, 0.1) is 5.92 Å². The summed E-state index contributed by atoms with van der Waals surface area (Å²) in [4.78, 5) is 11.7. The fourth-order valence-electron chi connectivity index (χ4n) is 2.24. The van der Waals surface area contributed by atoms with Crippen molar-refractivity contribution in [3.8, 4) is 0 Å². The van der Waals surface area contributed by atoms with Crippen LogP contribution in [0.25, 0.3) is 0 Å². The van der Waals surface area contributed by atoms with Crippen LogP contribution in [0.5, 0.6) is 0 Å². The zero-order valence-electron chi connectivity index (χ0n) is 9.81. The van der Waals surface area contributed by atoms with Crippen molar-refractivity contribution in [3.05, 3.63) is 0 Å². The fraction of sp³-hybridized carbons (Fsp3) is 0.917. The van der Waals surface area contributed by atoms with Crippen LogP contribution < -0.4 is 5.32 Å². The van der Waals surface area contributed by atoms with Gasteiger partial charge in [-0.3, -0.25) is 4.79 Å². The predicted octanol–water partition coefficient (Wildman–Crippen LogP) is 3.09. The number of rotatable bonds is 4. The SMILES string of the molecule is CC(C)CC(=O)NC1(CCl)CCCCC1. The van der Waals surface area contributed by atoms with Gasteiger partial charge in [-0.25, -0.2) is 0 Å². The molecule has 0 unspecified atom stereocenters. The van der Waals surface area contributed by atoms with Gasteiger partial charge in [0, 0.05) is 12.3 Å². The number of hydrogen-bond donors (Lipinski definition) is 1. The molecular formula is C12H22ClNO. The number of hydrogen-bond acceptors (Lipinski definition) is 1. The zero-order chi connectivity index (χ0) is 11.3. The van der Waals surface area contributed by atoms with Gasteiger partial charge in [0.1, 0.15) is 0 Å². The molecule has 0 heterocycles. The average molecular weight is 232 g/mol. The van der Waals surface area contributed by atoms with Gasteiger partial charge >= 0.3 is 0 Å². The summed E-state index contributed by atoms with van der Waals surface area (Å²) in [6.07, 6.45) is 6.35. The second kappa shape index (κ2) is 5.74. The lowest BCUT2D eigenvalue weighted by Crippen LogP contribution is -2.51. The van der Waals surface area contributed by atoms with Gasteiger partial charge in [-0.15, -0.1) is 11.6 Å². The molecule has 0 aliphatic heterocycles. The van der Waals surface area contributed by atoms with Crippen LogP contribution in [-0.4, -0.2) is 17.3 Å². The van der Waals surface area contributed by atoms with Crippen molar-refractivity contribution in [2.45, 2.75) is 57.9 Å². The van der Waals surface area contributed by atoms with Crippen LogP contribution in [0.3, 0.4) is 0 Å². The van der Waals surface area contributed by atoms with Crippen LogP contribution >= 0.6 is 11.6 Å². The summed E-state index contributed by atoms with van der Waals surface area (Å²) in [7, 11) is 0. The van der Waals surface area contributed by atoms with E-state index in [4.69, 9.17) is 11.6 Å². The maximum atomic E-state index is 11.7. The highest BCUT2D eigenvalue weighted by molar-refractivity contribution is 6.18. The van der Waals surface area contributed by atoms with Crippen molar-refractivity contribution in [1.29, 1.82) is 0 Å².